The summed E-state index contributed by atoms with van der Waals surface area (Å²) in [6.07, 6.45) is 0. The molecule has 0 unspecified atom stereocenters. The molecule has 0 saturated carbocycles. The van der Waals surface area contributed by atoms with Gasteiger partial charge in [0.05, 0.1) is 19.6 Å². The SMILES string of the molecule is COc1ccc(C(=O)NOC(=O)C(C)(C)C)cc1OC. The first-order valence-electron chi connectivity index (χ1n) is 6.03. The number of rotatable bonds is 3. The number of carbonyl (C=O) groups excluding carboxylic acids is 2. The lowest BCUT2D eigenvalue weighted by Gasteiger charge is -2.16. The van der Waals surface area contributed by atoms with Gasteiger partial charge in [0.15, 0.2) is 11.5 Å². The Kier molecular flexibility index (Phi) is 4.96. The van der Waals surface area contributed by atoms with E-state index in [2.05, 4.69) is 5.48 Å². The summed E-state index contributed by atoms with van der Waals surface area (Å²) in [7, 11) is 2.97. The zero-order valence-corrected chi connectivity index (χ0v) is 12.3. The van der Waals surface area contributed by atoms with E-state index in [9.17, 15) is 9.59 Å². The predicted molar refractivity (Wildman–Crippen MR) is 72.6 cm³/mol. The maximum Gasteiger partial charge on any atom is 0.337 e. The Balaban J connectivity index is 2.76. The second-order valence-corrected chi connectivity index (χ2v) is 5.14. The van der Waals surface area contributed by atoms with Gasteiger partial charge in [-0.2, -0.15) is 5.48 Å². The molecular formula is C14H19NO5. The molecule has 0 heterocycles. The van der Waals surface area contributed by atoms with Crippen molar-refractivity contribution in [1.29, 1.82) is 0 Å². The topological polar surface area (TPSA) is 73.9 Å². The van der Waals surface area contributed by atoms with Gasteiger partial charge in [0, 0.05) is 5.56 Å². The van der Waals surface area contributed by atoms with E-state index in [1.807, 2.05) is 0 Å². The summed E-state index contributed by atoms with van der Waals surface area (Å²) >= 11 is 0. The summed E-state index contributed by atoms with van der Waals surface area (Å²) in [6, 6.07) is 4.64. The number of hydroxylamine groups is 1. The van der Waals surface area contributed by atoms with Crippen molar-refractivity contribution in [3.8, 4) is 11.5 Å². The average molecular weight is 281 g/mol. The van der Waals surface area contributed by atoms with Crippen molar-refractivity contribution in [3.05, 3.63) is 23.8 Å². The maximum absolute atomic E-state index is 11.9. The molecule has 0 radical (unpaired) electrons. The normalized spacial score (nSPS) is 10.7. The van der Waals surface area contributed by atoms with E-state index in [1.54, 1.807) is 32.9 Å². The van der Waals surface area contributed by atoms with Gasteiger partial charge in [-0.3, -0.25) is 4.79 Å². The molecule has 0 aromatic heterocycles. The molecule has 110 valence electrons. The standard InChI is InChI=1S/C14H19NO5/c1-14(2,3)13(17)20-15-12(16)9-6-7-10(18-4)11(8-9)19-5/h6-8H,1-5H3,(H,15,16). The second-order valence-electron chi connectivity index (χ2n) is 5.14. The molecular weight excluding hydrogens is 262 g/mol. The minimum Gasteiger partial charge on any atom is -0.493 e. The summed E-state index contributed by atoms with van der Waals surface area (Å²) in [5.74, 6) is -0.132. The number of nitrogens with one attached hydrogen (secondary N) is 1. The van der Waals surface area contributed by atoms with Crippen LogP contribution >= 0.6 is 0 Å². The molecule has 0 aliphatic rings. The fourth-order valence-corrected chi connectivity index (χ4v) is 1.28. The number of ether oxygens (including phenoxy) is 2. The molecule has 1 rings (SSSR count). The Morgan fingerprint density at radius 2 is 1.65 bits per heavy atom. The van der Waals surface area contributed by atoms with Gasteiger partial charge in [0.2, 0.25) is 0 Å². The van der Waals surface area contributed by atoms with Crippen LogP contribution in [-0.2, 0) is 9.63 Å². The van der Waals surface area contributed by atoms with E-state index < -0.39 is 17.3 Å². The van der Waals surface area contributed by atoms with Crippen molar-refractivity contribution < 1.29 is 23.9 Å². The molecule has 0 fully saturated rings. The van der Waals surface area contributed by atoms with Gasteiger partial charge < -0.3 is 14.3 Å². The predicted octanol–water partition coefficient (Wildman–Crippen LogP) is 1.94. The van der Waals surface area contributed by atoms with Crippen LogP contribution in [0.15, 0.2) is 18.2 Å². The number of hydrogen-bond acceptors (Lipinski definition) is 5. The quantitative estimate of drug-likeness (QED) is 0.857. The largest absolute Gasteiger partial charge is 0.493 e. The van der Waals surface area contributed by atoms with Gasteiger partial charge in [-0.05, 0) is 39.0 Å². The molecule has 0 aliphatic heterocycles. The summed E-state index contributed by atoms with van der Waals surface area (Å²) in [5.41, 5.74) is 1.72. The second kappa shape index (κ2) is 6.27. The summed E-state index contributed by atoms with van der Waals surface area (Å²) < 4.78 is 10.2. The van der Waals surface area contributed by atoms with E-state index >= 15 is 0 Å². The number of hydrogen-bond donors (Lipinski definition) is 1. The lowest BCUT2D eigenvalue weighted by Crippen LogP contribution is -2.33. The van der Waals surface area contributed by atoms with Gasteiger partial charge in [-0.25, -0.2) is 4.79 Å². The Labute approximate surface area is 118 Å². The van der Waals surface area contributed by atoms with Crippen molar-refractivity contribution in [2.24, 2.45) is 5.41 Å². The Morgan fingerprint density at radius 1 is 1.05 bits per heavy atom. The molecule has 0 saturated heterocycles. The molecule has 1 N–H and O–H groups in total. The summed E-state index contributed by atoms with van der Waals surface area (Å²) in [5, 5.41) is 0. The van der Waals surface area contributed by atoms with Crippen molar-refractivity contribution >= 4 is 11.9 Å². The van der Waals surface area contributed by atoms with Crippen molar-refractivity contribution in [1.82, 2.24) is 5.48 Å². The van der Waals surface area contributed by atoms with Gasteiger partial charge in [0.25, 0.3) is 5.91 Å². The molecule has 6 nitrogen and oxygen atoms in total. The van der Waals surface area contributed by atoms with Crippen LogP contribution in [0.25, 0.3) is 0 Å². The van der Waals surface area contributed by atoms with Crippen LogP contribution in [0.2, 0.25) is 0 Å². The molecule has 0 spiro atoms. The summed E-state index contributed by atoms with van der Waals surface area (Å²) in [6.45, 7) is 5.08. The number of amides is 1. The first-order valence-corrected chi connectivity index (χ1v) is 6.03. The van der Waals surface area contributed by atoms with E-state index in [0.717, 1.165) is 0 Å². The molecule has 20 heavy (non-hydrogen) atoms. The first-order chi connectivity index (χ1) is 9.29. The molecule has 1 aromatic rings. The molecule has 1 amide bonds. The molecule has 6 heteroatoms. The van der Waals surface area contributed by atoms with Crippen LogP contribution in [0.4, 0.5) is 0 Å². The van der Waals surface area contributed by atoms with Crippen LogP contribution in [0, 0.1) is 5.41 Å². The molecule has 0 bridgehead atoms. The number of benzene rings is 1. The highest BCUT2D eigenvalue weighted by molar-refractivity contribution is 5.95. The minimum absolute atomic E-state index is 0.296. The van der Waals surface area contributed by atoms with Crippen molar-refractivity contribution in [3.63, 3.8) is 0 Å². The Morgan fingerprint density at radius 3 is 2.15 bits per heavy atom. The zero-order valence-electron chi connectivity index (χ0n) is 12.3. The highest BCUT2D eigenvalue weighted by Crippen LogP contribution is 2.27. The van der Waals surface area contributed by atoms with Crippen LogP contribution in [0.5, 0.6) is 11.5 Å². The van der Waals surface area contributed by atoms with Gasteiger partial charge >= 0.3 is 5.97 Å². The summed E-state index contributed by atoms with van der Waals surface area (Å²) in [4.78, 5) is 28.1. The monoisotopic (exact) mass is 281 g/mol. The molecule has 0 aliphatic carbocycles. The number of methoxy groups -OCH3 is 2. The van der Waals surface area contributed by atoms with Crippen molar-refractivity contribution in [2.45, 2.75) is 20.8 Å². The molecule has 1 aromatic carbocycles. The van der Waals surface area contributed by atoms with E-state index in [4.69, 9.17) is 14.3 Å². The lowest BCUT2D eigenvalue weighted by atomic mass is 9.98. The van der Waals surface area contributed by atoms with Crippen LogP contribution in [-0.4, -0.2) is 26.1 Å². The molecule has 0 atom stereocenters. The van der Waals surface area contributed by atoms with E-state index in [0.29, 0.717) is 17.1 Å². The third kappa shape index (κ3) is 3.88. The van der Waals surface area contributed by atoms with Crippen LogP contribution in [0.3, 0.4) is 0 Å². The minimum atomic E-state index is -0.690. The Hall–Kier alpha value is -2.24. The highest BCUT2D eigenvalue weighted by Gasteiger charge is 2.24. The van der Waals surface area contributed by atoms with Gasteiger partial charge in [-0.1, -0.05) is 0 Å². The third-order valence-corrected chi connectivity index (χ3v) is 2.49. The Bertz CT molecular complexity index is 505. The van der Waals surface area contributed by atoms with Crippen molar-refractivity contribution in [2.75, 3.05) is 14.2 Å². The fraction of sp³-hybridized carbons (Fsp3) is 0.429. The smallest absolute Gasteiger partial charge is 0.337 e. The van der Waals surface area contributed by atoms with Gasteiger partial charge in [-0.15, -0.1) is 0 Å². The maximum atomic E-state index is 11.9. The average Bonchev–Trinajstić information content (AvgIpc) is 2.42. The van der Waals surface area contributed by atoms with E-state index in [-0.39, 0.29) is 0 Å². The van der Waals surface area contributed by atoms with E-state index in [1.165, 1.54) is 20.3 Å². The van der Waals surface area contributed by atoms with Crippen LogP contribution < -0.4 is 15.0 Å². The highest BCUT2D eigenvalue weighted by atomic mass is 16.7. The zero-order chi connectivity index (χ0) is 15.3. The van der Waals surface area contributed by atoms with Gasteiger partial charge in [0.1, 0.15) is 0 Å². The third-order valence-electron chi connectivity index (χ3n) is 2.49. The van der Waals surface area contributed by atoms with Crippen LogP contribution in [0.1, 0.15) is 31.1 Å². The lowest BCUT2D eigenvalue weighted by molar-refractivity contribution is -0.158. The number of carbonyl (C=O) groups is 2. The first kappa shape index (κ1) is 15.8. The fourth-order valence-electron chi connectivity index (χ4n) is 1.28.